The van der Waals surface area contributed by atoms with E-state index in [-0.39, 0.29) is 23.8 Å². The summed E-state index contributed by atoms with van der Waals surface area (Å²) in [4.78, 5) is 15.6. The first-order valence-corrected chi connectivity index (χ1v) is 9.93. The molecule has 1 aromatic carbocycles. The smallest absolute Gasteiger partial charge is 0.229 e. The summed E-state index contributed by atoms with van der Waals surface area (Å²) in [6.45, 7) is 0.644. The number of fused-ring (bicyclic) bond motifs is 2. The normalized spacial score (nSPS) is 47.4. The number of nitrogens with zero attached hydrogens (tertiary/aromatic N) is 1. The van der Waals surface area contributed by atoms with Crippen LogP contribution >= 0.6 is 0 Å². The predicted octanol–water partition coefficient (Wildman–Crippen LogP) is 2.56. The molecule has 7 unspecified atom stereocenters. The summed E-state index contributed by atoms with van der Waals surface area (Å²) in [6.07, 6.45) is 5.30. The van der Waals surface area contributed by atoms with Gasteiger partial charge in [0.1, 0.15) is 0 Å². The minimum absolute atomic E-state index is 0.0111. The Hall–Kier alpha value is -1.39. The number of carbonyl (C=O) groups is 1. The lowest BCUT2D eigenvalue weighted by atomic mass is 9.73. The summed E-state index contributed by atoms with van der Waals surface area (Å²) < 4.78 is 6.72. The van der Waals surface area contributed by atoms with Gasteiger partial charge in [-0.05, 0) is 36.7 Å². The molecule has 5 aliphatic rings. The molecule has 0 spiro atoms. The van der Waals surface area contributed by atoms with E-state index in [0.717, 1.165) is 19.3 Å². The number of amides is 1. The Labute approximate surface area is 148 Å². The van der Waals surface area contributed by atoms with Gasteiger partial charge in [0.2, 0.25) is 5.91 Å². The van der Waals surface area contributed by atoms with Crippen LogP contribution in [-0.2, 0) is 16.1 Å². The molecule has 2 saturated heterocycles. The van der Waals surface area contributed by atoms with Crippen molar-refractivity contribution in [3.63, 3.8) is 0 Å². The van der Waals surface area contributed by atoms with Crippen LogP contribution in [0.2, 0.25) is 0 Å². The first-order chi connectivity index (χ1) is 12.2. The van der Waals surface area contributed by atoms with Crippen LogP contribution in [0.3, 0.4) is 0 Å². The zero-order chi connectivity index (χ0) is 16.8. The van der Waals surface area contributed by atoms with Crippen LogP contribution in [0.5, 0.6) is 0 Å². The highest BCUT2D eigenvalue weighted by Gasteiger charge is 2.79. The Morgan fingerprint density at radius 1 is 1.16 bits per heavy atom. The molecular weight excluding hydrogens is 314 g/mol. The van der Waals surface area contributed by atoms with Crippen molar-refractivity contribution >= 4 is 5.91 Å². The lowest BCUT2D eigenvalue weighted by Crippen LogP contribution is -2.54. The fourth-order valence-electron chi connectivity index (χ4n) is 7.17. The van der Waals surface area contributed by atoms with Crippen molar-refractivity contribution in [1.82, 2.24) is 4.90 Å². The fourth-order valence-corrected chi connectivity index (χ4v) is 7.17. The molecule has 132 valence electrons. The monoisotopic (exact) mass is 339 g/mol. The maximum Gasteiger partial charge on any atom is 0.229 e. The van der Waals surface area contributed by atoms with E-state index >= 15 is 0 Å². The van der Waals surface area contributed by atoms with Gasteiger partial charge >= 0.3 is 0 Å². The summed E-state index contributed by atoms with van der Waals surface area (Å²) in [5, 5.41) is 10.7. The summed E-state index contributed by atoms with van der Waals surface area (Å²) >= 11 is 0. The Morgan fingerprint density at radius 3 is 2.68 bits per heavy atom. The molecule has 0 aromatic heterocycles. The van der Waals surface area contributed by atoms with Crippen LogP contribution in [0.25, 0.3) is 0 Å². The van der Waals surface area contributed by atoms with E-state index in [1.165, 1.54) is 18.4 Å². The molecule has 4 nitrogen and oxygen atoms in total. The van der Waals surface area contributed by atoms with Crippen molar-refractivity contribution in [2.75, 3.05) is 0 Å². The van der Waals surface area contributed by atoms with Crippen LogP contribution in [0.1, 0.15) is 37.7 Å². The molecule has 6 rings (SSSR count). The van der Waals surface area contributed by atoms with E-state index in [9.17, 15) is 9.90 Å². The maximum atomic E-state index is 13.5. The quantitative estimate of drug-likeness (QED) is 0.921. The molecule has 2 aliphatic heterocycles. The van der Waals surface area contributed by atoms with Crippen LogP contribution < -0.4 is 0 Å². The fraction of sp³-hybridized carbons (Fsp3) is 0.667. The summed E-state index contributed by atoms with van der Waals surface area (Å²) in [5.41, 5.74) is 0.727. The Bertz CT molecular complexity index is 715. The highest BCUT2D eigenvalue weighted by molar-refractivity contribution is 5.84. The van der Waals surface area contributed by atoms with Crippen LogP contribution in [0.15, 0.2) is 30.3 Å². The number of aliphatic hydroxyl groups is 1. The second kappa shape index (κ2) is 4.86. The van der Waals surface area contributed by atoms with Gasteiger partial charge in [0.15, 0.2) is 5.72 Å². The standard InChI is InChI=1S/C21H25NO3/c23-18-14-10-15-17-16(14)20(24)22(11-12-6-2-1-3-7-12)21(17,25-19(15)18)13-8-4-5-9-13/h1-3,6-7,13-19,23H,4-5,8-11H2. The molecule has 4 heteroatoms. The third-order valence-corrected chi connectivity index (χ3v) is 7.95. The van der Waals surface area contributed by atoms with Crippen molar-refractivity contribution in [2.45, 2.75) is 56.6 Å². The van der Waals surface area contributed by atoms with Crippen molar-refractivity contribution in [3.05, 3.63) is 35.9 Å². The number of rotatable bonds is 3. The van der Waals surface area contributed by atoms with Crippen LogP contribution in [0.4, 0.5) is 0 Å². The third kappa shape index (κ3) is 1.64. The third-order valence-electron chi connectivity index (χ3n) is 7.95. The second-order valence-electron chi connectivity index (χ2n) is 8.83. The van der Waals surface area contributed by atoms with E-state index < -0.39 is 11.8 Å². The van der Waals surface area contributed by atoms with Gasteiger partial charge in [0, 0.05) is 18.4 Å². The topological polar surface area (TPSA) is 49.8 Å². The average Bonchev–Trinajstić information content (AvgIpc) is 3.38. The number of likely N-dealkylation sites (tertiary alicyclic amines) is 1. The molecule has 2 bridgehead atoms. The molecule has 1 amide bonds. The van der Waals surface area contributed by atoms with Gasteiger partial charge in [-0.25, -0.2) is 0 Å². The molecule has 1 N–H and O–H groups in total. The lowest BCUT2D eigenvalue weighted by molar-refractivity contribution is -0.199. The minimum Gasteiger partial charge on any atom is -0.390 e. The highest BCUT2D eigenvalue weighted by Crippen LogP contribution is 2.70. The van der Waals surface area contributed by atoms with Gasteiger partial charge in [0.05, 0.1) is 18.1 Å². The minimum atomic E-state index is -0.449. The Kier molecular flexibility index (Phi) is 2.87. The van der Waals surface area contributed by atoms with Crippen molar-refractivity contribution in [1.29, 1.82) is 0 Å². The molecule has 7 atom stereocenters. The van der Waals surface area contributed by atoms with Gasteiger partial charge in [0.25, 0.3) is 0 Å². The number of benzene rings is 1. The molecule has 3 saturated carbocycles. The predicted molar refractivity (Wildman–Crippen MR) is 91.1 cm³/mol. The number of hydrogen-bond acceptors (Lipinski definition) is 3. The molecule has 25 heavy (non-hydrogen) atoms. The van der Waals surface area contributed by atoms with Crippen LogP contribution in [-0.4, -0.2) is 33.8 Å². The molecule has 1 aromatic rings. The number of carbonyl (C=O) groups excluding carboxylic acids is 1. The summed E-state index contributed by atoms with van der Waals surface area (Å²) in [5.74, 6) is 1.48. The van der Waals surface area contributed by atoms with Crippen LogP contribution in [0, 0.1) is 29.6 Å². The summed E-state index contributed by atoms with van der Waals surface area (Å²) in [6, 6.07) is 10.3. The highest BCUT2D eigenvalue weighted by atomic mass is 16.6. The van der Waals surface area contributed by atoms with Gasteiger partial charge in [-0.3, -0.25) is 4.79 Å². The Morgan fingerprint density at radius 2 is 1.92 bits per heavy atom. The van der Waals surface area contributed by atoms with E-state index in [4.69, 9.17) is 4.74 Å². The lowest BCUT2D eigenvalue weighted by Gasteiger charge is -2.43. The average molecular weight is 339 g/mol. The first kappa shape index (κ1) is 14.7. The van der Waals surface area contributed by atoms with E-state index in [2.05, 4.69) is 17.0 Å². The van der Waals surface area contributed by atoms with Crippen molar-refractivity contribution in [3.8, 4) is 0 Å². The van der Waals surface area contributed by atoms with Gasteiger partial charge < -0.3 is 14.7 Å². The summed E-state index contributed by atoms with van der Waals surface area (Å²) in [7, 11) is 0. The number of hydrogen-bond donors (Lipinski definition) is 1. The van der Waals surface area contributed by atoms with Crippen molar-refractivity contribution in [2.24, 2.45) is 29.6 Å². The van der Waals surface area contributed by atoms with Gasteiger partial charge in [-0.15, -0.1) is 0 Å². The van der Waals surface area contributed by atoms with Gasteiger partial charge in [-0.2, -0.15) is 0 Å². The largest absolute Gasteiger partial charge is 0.390 e. The maximum absolute atomic E-state index is 13.5. The molecule has 2 heterocycles. The zero-order valence-corrected chi connectivity index (χ0v) is 14.4. The van der Waals surface area contributed by atoms with E-state index in [1.807, 2.05) is 18.2 Å². The van der Waals surface area contributed by atoms with E-state index in [0.29, 0.717) is 24.3 Å². The number of aliphatic hydroxyl groups excluding tert-OH is 1. The van der Waals surface area contributed by atoms with E-state index in [1.54, 1.807) is 0 Å². The van der Waals surface area contributed by atoms with Gasteiger partial charge in [-0.1, -0.05) is 43.2 Å². The second-order valence-corrected chi connectivity index (χ2v) is 8.83. The Balaban J connectivity index is 1.46. The zero-order valence-electron chi connectivity index (χ0n) is 14.4. The first-order valence-electron chi connectivity index (χ1n) is 9.93. The number of ether oxygens (including phenoxy) is 1. The molecular formula is C21H25NO3. The molecule has 5 fully saturated rings. The van der Waals surface area contributed by atoms with Crippen molar-refractivity contribution < 1.29 is 14.6 Å². The SMILES string of the molecule is O=C1C2C3CC4C(OC(C5CCCC5)(C42)N1Cc1ccccc1)C3O. The molecule has 3 aliphatic carbocycles. The molecule has 0 radical (unpaired) electrons.